The van der Waals surface area contributed by atoms with Gasteiger partial charge >= 0.3 is 0 Å². The van der Waals surface area contributed by atoms with Gasteiger partial charge < -0.3 is 14.8 Å². The van der Waals surface area contributed by atoms with E-state index in [-0.39, 0.29) is 0 Å². The summed E-state index contributed by atoms with van der Waals surface area (Å²) in [4.78, 5) is 5.01. The highest BCUT2D eigenvalue weighted by atomic mass is 16.5. The molecule has 2 fully saturated rings. The summed E-state index contributed by atoms with van der Waals surface area (Å²) >= 11 is 0. The fourth-order valence-corrected chi connectivity index (χ4v) is 5.32. The molecule has 2 aliphatic heterocycles. The number of hydrogen-bond acceptors (Lipinski definition) is 5. The van der Waals surface area contributed by atoms with E-state index >= 15 is 0 Å². The Kier molecular flexibility index (Phi) is 9.90. The largest absolute Gasteiger partial charge is 0.493 e. The van der Waals surface area contributed by atoms with Crippen molar-refractivity contribution in [3.8, 4) is 5.75 Å². The van der Waals surface area contributed by atoms with Crippen molar-refractivity contribution in [2.45, 2.75) is 46.0 Å². The Morgan fingerprint density at radius 3 is 2.44 bits per heavy atom. The van der Waals surface area contributed by atoms with Crippen molar-refractivity contribution in [1.82, 2.24) is 15.1 Å². The second-order valence-electron chi connectivity index (χ2n) is 10.3. The zero-order chi connectivity index (χ0) is 23.6. The molecule has 0 amide bonds. The smallest absolute Gasteiger partial charge is 0.119 e. The minimum Gasteiger partial charge on any atom is -0.493 e. The quantitative estimate of drug-likeness (QED) is 0.521. The minimum atomic E-state index is 0.503. The molecule has 5 nitrogen and oxygen atoms in total. The molecular formula is C29H45N3O2. The van der Waals surface area contributed by atoms with Gasteiger partial charge in [-0.25, -0.2) is 0 Å². The standard InChI is InChI=1S/C29H45N3O2/c1-24-6-10-29(34-20-18-31-14-4-3-5-15-31)23-27(24)8-7-26-9-11-28(22-25(26)2)33-21-19-32-16-12-30-13-17-32/h6,9-11,22-23,25-26,30H,3-5,7-8,12-21H2,1-2H3/t25-,26+/m1/s1. The molecule has 1 aromatic rings. The molecule has 2 saturated heterocycles. The molecule has 4 rings (SSSR count). The van der Waals surface area contributed by atoms with Crippen LogP contribution in [0, 0.1) is 18.8 Å². The number of ether oxygens (including phenoxy) is 2. The van der Waals surface area contributed by atoms with E-state index in [0.717, 1.165) is 76.8 Å². The highest BCUT2D eigenvalue weighted by Gasteiger charge is 2.19. The number of likely N-dealkylation sites (tertiary alicyclic amines) is 1. The number of hydrogen-bond donors (Lipinski definition) is 1. The molecule has 188 valence electrons. The third-order valence-corrected chi connectivity index (χ3v) is 7.69. The number of nitrogens with one attached hydrogen (secondary N) is 1. The lowest BCUT2D eigenvalue weighted by atomic mass is 9.84. The summed E-state index contributed by atoms with van der Waals surface area (Å²) in [6.07, 6.45) is 13.2. The fraction of sp³-hybridized carbons (Fsp3) is 0.655. The van der Waals surface area contributed by atoms with Crippen LogP contribution in [0.2, 0.25) is 0 Å². The minimum absolute atomic E-state index is 0.503. The van der Waals surface area contributed by atoms with Crippen molar-refractivity contribution in [2.75, 3.05) is 65.6 Å². The zero-order valence-electron chi connectivity index (χ0n) is 21.4. The second-order valence-corrected chi connectivity index (χ2v) is 10.3. The molecule has 0 unspecified atom stereocenters. The molecular weight excluding hydrogens is 422 g/mol. The number of aryl methyl sites for hydroxylation is 2. The molecule has 2 heterocycles. The average molecular weight is 468 g/mol. The van der Waals surface area contributed by atoms with Crippen LogP contribution in [0.5, 0.6) is 5.75 Å². The Labute approximate surface area is 207 Å². The van der Waals surface area contributed by atoms with Crippen LogP contribution in [0.25, 0.3) is 0 Å². The summed E-state index contributed by atoms with van der Waals surface area (Å²) in [5, 5.41) is 3.40. The van der Waals surface area contributed by atoms with Crippen LogP contribution in [-0.4, -0.2) is 75.4 Å². The maximum absolute atomic E-state index is 6.12. The molecule has 0 spiro atoms. The lowest BCUT2D eigenvalue weighted by molar-refractivity contribution is 0.151. The number of rotatable bonds is 11. The Balaban J connectivity index is 1.19. The first-order chi connectivity index (χ1) is 16.7. The molecule has 2 atom stereocenters. The van der Waals surface area contributed by atoms with Gasteiger partial charge in [0.25, 0.3) is 0 Å². The van der Waals surface area contributed by atoms with E-state index in [1.165, 1.54) is 43.5 Å². The van der Waals surface area contributed by atoms with Crippen molar-refractivity contribution in [3.05, 3.63) is 53.3 Å². The summed E-state index contributed by atoms with van der Waals surface area (Å²) in [7, 11) is 0. The van der Waals surface area contributed by atoms with Crippen molar-refractivity contribution in [1.29, 1.82) is 0 Å². The normalized spacial score (nSPS) is 24.1. The van der Waals surface area contributed by atoms with Crippen LogP contribution in [0.15, 0.2) is 42.2 Å². The van der Waals surface area contributed by atoms with Gasteiger partial charge in [-0.15, -0.1) is 0 Å². The van der Waals surface area contributed by atoms with Crippen molar-refractivity contribution in [3.63, 3.8) is 0 Å². The Morgan fingerprint density at radius 1 is 0.941 bits per heavy atom. The summed E-state index contributed by atoms with van der Waals surface area (Å²) in [5.74, 6) is 3.12. The number of allylic oxidation sites excluding steroid dienone is 3. The molecule has 3 aliphatic rings. The molecule has 0 aromatic heterocycles. The molecule has 1 aliphatic carbocycles. The van der Waals surface area contributed by atoms with E-state index < -0.39 is 0 Å². The van der Waals surface area contributed by atoms with Gasteiger partial charge in [-0.2, -0.15) is 0 Å². The van der Waals surface area contributed by atoms with Crippen LogP contribution in [0.1, 0.15) is 43.7 Å². The third-order valence-electron chi connectivity index (χ3n) is 7.69. The molecule has 1 N–H and O–H groups in total. The van der Waals surface area contributed by atoms with Crippen molar-refractivity contribution >= 4 is 0 Å². The summed E-state index contributed by atoms with van der Waals surface area (Å²) in [6, 6.07) is 6.62. The second kappa shape index (κ2) is 13.3. The Morgan fingerprint density at radius 2 is 1.68 bits per heavy atom. The SMILES string of the molecule is Cc1ccc(OCCN2CCCCC2)cc1CC[C@H]1C=CC(OCCN2CCNCC2)=C[C@H]1C. The van der Waals surface area contributed by atoms with E-state index in [1.807, 2.05) is 0 Å². The van der Waals surface area contributed by atoms with E-state index in [0.29, 0.717) is 11.8 Å². The highest BCUT2D eigenvalue weighted by Crippen LogP contribution is 2.29. The monoisotopic (exact) mass is 467 g/mol. The lowest BCUT2D eigenvalue weighted by Gasteiger charge is -2.28. The molecule has 0 saturated carbocycles. The lowest BCUT2D eigenvalue weighted by Crippen LogP contribution is -2.44. The maximum Gasteiger partial charge on any atom is 0.119 e. The van der Waals surface area contributed by atoms with Gasteiger partial charge in [0, 0.05) is 39.3 Å². The predicted molar refractivity (Wildman–Crippen MR) is 140 cm³/mol. The van der Waals surface area contributed by atoms with E-state index in [1.54, 1.807) is 0 Å². The van der Waals surface area contributed by atoms with Gasteiger partial charge in [-0.1, -0.05) is 25.5 Å². The summed E-state index contributed by atoms with van der Waals surface area (Å²) < 4.78 is 12.2. The molecule has 1 aromatic carbocycles. The maximum atomic E-state index is 6.12. The van der Waals surface area contributed by atoms with E-state index in [9.17, 15) is 0 Å². The number of benzene rings is 1. The zero-order valence-corrected chi connectivity index (χ0v) is 21.4. The van der Waals surface area contributed by atoms with Crippen LogP contribution in [-0.2, 0) is 11.2 Å². The van der Waals surface area contributed by atoms with Crippen LogP contribution in [0.4, 0.5) is 0 Å². The number of nitrogens with zero attached hydrogens (tertiary/aromatic N) is 2. The Bertz CT molecular complexity index is 810. The fourth-order valence-electron chi connectivity index (χ4n) is 5.32. The number of piperazine rings is 1. The first-order valence-electron chi connectivity index (χ1n) is 13.6. The van der Waals surface area contributed by atoms with Gasteiger partial charge in [0.2, 0.25) is 0 Å². The first kappa shape index (κ1) is 25.3. The van der Waals surface area contributed by atoms with E-state index in [4.69, 9.17) is 9.47 Å². The van der Waals surface area contributed by atoms with Crippen LogP contribution >= 0.6 is 0 Å². The topological polar surface area (TPSA) is 37.0 Å². The van der Waals surface area contributed by atoms with Gasteiger partial charge in [0.1, 0.15) is 24.7 Å². The van der Waals surface area contributed by atoms with Crippen molar-refractivity contribution < 1.29 is 9.47 Å². The van der Waals surface area contributed by atoms with Gasteiger partial charge in [-0.3, -0.25) is 9.80 Å². The van der Waals surface area contributed by atoms with E-state index in [2.05, 4.69) is 65.4 Å². The predicted octanol–water partition coefficient (Wildman–Crippen LogP) is 4.42. The van der Waals surface area contributed by atoms with Crippen LogP contribution < -0.4 is 10.1 Å². The van der Waals surface area contributed by atoms with Crippen LogP contribution in [0.3, 0.4) is 0 Å². The van der Waals surface area contributed by atoms with Gasteiger partial charge in [0.15, 0.2) is 0 Å². The highest BCUT2D eigenvalue weighted by molar-refractivity contribution is 5.35. The number of piperidine rings is 1. The van der Waals surface area contributed by atoms with Gasteiger partial charge in [0.05, 0.1) is 0 Å². The third kappa shape index (κ3) is 7.86. The van der Waals surface area contributed by atoms with Gasteiger partial charge in [-0.05, 0) is 92.9 Å². The summed E-state index contributed by atoms with van der Waals surface area (Å²) in [6.45, 7) is 15.0. The molecule has 5 heteroatoms. The summed E-state index contributed by atoms with van der Waals surface area (Å²) in [5.41, 5.74) is 2.78. The first-order valence-corrected chi connectivity index (χ1v) is 13.6. The average Bonchev–Trinajstić information content (AvgIpc) is 2.86. The molecule has 34 heavy (non-hydrogen) atoms. The van der Waals surface area contributed by atoms with Crippen molar-refractivity contribution in [2.24, 2.45) is 11.8 Å². The molecule has 0 radical (unpaired) electrons. The molecule has 0 bridgehead atoms. The Hall–Kier alpha value is -1.82.